The highest BCUT2D eigenvalue weighted by Gasteiger charge is 2.14. The summed E-state index contributed by atoms with van der Waals surface area (Å²) in [6, 6.07) is 16.2. The lowest BCUT2D eigenvalue weighted by molar-refractivity contribution is -0.115. The maximum atomic E-state index is 12.9. The van der Waals surface area contributed by atoms with Crippen molar-refractivity contribution in [2.75, 3.05) is 10.0 Å². The van der Waals surface area contributed by atoms with Gasteiger partial charge in [-0.1, -0.05) is 12.1 Å². The fraction of sp³-hybridized carbons (Fsp3) is 0.0500. The van der Waals surface area contributed by atoms with Crippen LogP contribution in [0, 0.1) is 11.6 Å². The molecule has 0 aliphatic heterocycles. The molecule has 0 radical (unpaired) electrons. The van der Waals surface area contributed by atoms with E-state index in [9.17, 15) is 22.0 Å². The minimum atomic E-state index is -3.84. The third-order valence-corrected chi connectivity index (χ3v) is 5.22. The normalized spacial score (nSPS) is 11.1. The Bertz CT molecular complexity index is 1070. The van der Waals surface area contributed by atoms with Gasteiger partial charge in [-0.25, -0.2) is 17.2 Å². The number of halogens is 2. The highest BCUT2D eigenvalue weighted by molar-refractivity contribution is 7.92. The van der Waals surface area contributed by atoms with E-state index < -0.39 is 21.7 Å². The maximum Gasteiger partial charge on any atom is 0.261 e. The molecule has 3 rings (SSSR count). The van der Waals surface area contributed by atoms with E-state index in [0.717, 1.165) is 12.1 Å². The van der Waals surface area contributed by atoms with Crippen molar-refractivity contribution < 1.29 is 22.0 Å². The van der Waals surface area contributed by atoms with Gasteiger partial charge in [0, 0.05) is 11.4 Å². The molecule has 1 amide bonds. The van der Waals surface area contributed by atoms with Gasteiger partial charge in [0.15, 0.2) is 0 Å². The molecule has 0 bridgehead atoms. The number of rotatable bonds is 6. The minimum Gasteiger partial charge on any atom is -0.326 e. The Labute approximate surface area is 161 Å². The van der Waals surface area contributed by atoms with Crippen molar-refractivity contribution in [1.29, 1.82) is 0 Å². The number of anilines is 2. The molecule has 3 aromatic carbocycles. The lowest BCUT2D eigenvalue weighted by Gasteiger charge is -2.09. The third kappa shape index (κ3) is 5.14. The van der Waals surface area contributed by atoms with E-state index in [1.807, 2.05) is 0 Å². The highest BCUT2D eigenvalue weighted by Crippen LogP contribution is 2.17. The summed E-state index contributed by atoms with van der Waals surface area (Å²) < 4.78 is 52.8. The predicted molar refractivity (Wildman–Crippen MR) is 102 cm³/mol. The van der Waals surface area contributed by atoms with Gasteiger partial charge >= 0.3 is 0 Å². The number of benzene rings is 3. The van der Waals surface area contributed by atoms with Gasteiger partial charge in [0.25, 0.3) is 10.0 Å². The molecule has 0 aliphatic rings. The van der Waals surface area contributed by atoms with Crippen LogP contribution in [0.25, 0.3) is 0 Å². The first-order chi connectivity index (χ1) is 13.3. The van der Waals surface area contributed by atoms with E-state index in [1.165, 1.54) is 48.5 Å². The smallest absolute Gasteiger partial charge is 0.261 e. The first-order valence-corrected chi connectivity index (χ1v) is 9.73. The van der Waals surface area contributed by atoms with Gasteiger partial charge in [0.2, 0.25) is 5.91 Å². The third-order valence-electron chi connectivity index (χ3n) is 3.82. The lowest BCUT2D eigenvalue weighted by atomic mass is 10.1. The monoisotopic (exact) mass is 402 g/mol. The topological polar surface area (TPSA) is 75.3 Å². The SMILES string of the molecule is O=C(Cc1ccc(NS(=O)(=O)c2ccc(F)cc2)cc1)Nc1ccc(F)cc1. The summed E-state index contributed by atoms with van der Waals surface area (Å²) in [5.41, 5.74) is 1.46. The first-order valence-electron chi connectivity index (χ1n) is 8.24. The summed E-state index contributed by atoms with van der Waals surface area (Å²) >= 11 is 0. The summed E-state index contributed by atoms with van der Waals surface area (Å²) in [5.74, 6) is -1.20. The van der Waals surface area contributed by atoms with Crippen molar-refractivity contribution in [3.8, 4) is 0 Å². The van der Waals surface area contributed by atoms with Crippen molar-refractivity contribution in [2.45, 2.75) is 11.3 Å². The fourth-order valence-electron chi connectivity index (χ4n) is 2.44. The molecule has 0 spiro atoms. The number of hydrogen-bond donors (Lipinski definition) is 2. The molecule has 0 heterocycles. The van der Waals surface area contributed by atoms with Crippen molar-refractivity contribution in [1.82, 2.24) is 0 Å². The van der Waals surface area contributed by atoms with Crippen LogP contribution in [0.5, 0.6) is 0 Å². The summed E-state index contributed by atoms with van der Waals surface area (Å²) in [6.07, 6.45) is 0.0718. The van der Waals surface area contributed by atoms with Gasteiger partial charge in [0.1, 0.15) is 11.6 Å². The Morgan fingerprint density at radius 1 is 0.750 bits per heavy atom. The summed E-state index contributed by atoms with van der Waals surface area (Å²) in [5, 5.41) is 2.65. The number of sulfonamides is 1. The lowest BCUT2D eigenvalue weighted by Crippen LogP contribution is -2.15. The molecule has 0 saturated heterocycles. The van der Waals surface area contributed by atoms with Gasteiger partial charge < -0.3 is 5.32 Å². The zero-order chi connectivity index (χ0) is 20.1. The van der Waals surface area contributed by atoms with Crippen molar-refractivity contribution in [3.63, 3.8) is 0 Å². The van der Waals surface area contributed by atoms with E-state index in [-0.39, 0.29) is 17.2 Å². The highest BCUT2D eigenvalue weighted by atomic mass is 32.2. The van der Waals surface area contributed by atoms with Crippen LogP contribution in [-0.4, -0.2) is 14.3 Å². The molecule has 2 N–H and O–H groups in total. The average Bonchev–Trinajstić information content (AvgIpc) is 2.65. The molecule has 5 nitrogen and oxygen atoms in total. The molecule has 0 aliphatic carbocycles. The zero-order valence-electron chi connectivity index (χ0n) is 14.5. The summed E-state index contributed by atoms with van der Waals surface area (Å²) in [4.78, 5) is 12.0. The van der Waals surface area contributed by atoms with Gasteiger partial charge in [-0.3, -0.25) is 9.52 Å². The Morgan fingerprint density at radius 2 is 1.25 bits per heavy atom. The molecular formula is C20H16F2N2O3S. The Balaban J connectivity index is 1.62. The average molecular weight is 402 g/mol. The van der Waals surface area contributed by atoms with Crippen LogP contribution >= 0.6 is 0 Å². The molecule has 8 heteroatoms. The largest absolute Gasteiger partial charge is 0.326 e. The summed E-state index contributed by atoms with van der Waals surface area (Å²) in [6.45, 7) is 0. The van der Waals surface area contributed by atoms with Crippen molar-refractivity contribution >= 4 is 27.3 Å². The van der Waals surface area contributed by atoms with Gasteiger partial charge in [-0.05, 0) is 66.2 Å². The van der Waals surface area contributed by atoms with Crippen LogP contribution in [0.2, 0.25) is 0 Å². The Morgan fingerprint density at radius 3 is 1.82 bits per heavy atom. The number of hydrogen-bond acceptors (Lipinski definition) is 3. The van der Waals surface area contributed by atoms with E-state index in [1.54, 1.807) is 12.1 Å². The van der Waals surface area contributed by atoms with E-state index in [0.29, 0.717) is 16.9 Å². The quantitative estimate of drug-likeness (QED) is 0.656. The number of amides is 1. The van der Waals surface area contributed by atoms with Crippen LogP contribution in [0.3, 0.4) is 0 Å². The minimum absolute atomic E-state index is 0.0587. The standard InChI is InChI=1S/C20H16F2N2O3S/c21-15-3-9-17(10-4-15)23-20(25)13-14-1-7-18(8-2-14)24-28(26,27)19-11-5-16(22)6-12-19/h1-12,24H,13H2,(H,23,25). The van der Waals surface area contributed by atoms with E-state index in [2.05, 4.69) is 10.0 Å². The molecular weight excluding hydrogens is 386 g/mol. The van der Waals surface area contributed by atoms with Crippen LogP contribution in [0.1, 0.15) is 5.56 Å². The van der Waals surface area contributed by atoms with E-state index in [4.69, 9.17) is 0 Å². The fourth-order valence-corrected chi connectivity index (χ4v) is 3.50. The van der Waals surface area contributed by atoms with Crippen LogP contribution in [0.4, 0.5) is 20.2 Å². The number of carbonyl (C=O) groups excluding carboxylic acids is 1. The maximum absolute atomic E-state index is 12.9. The molecule has 0 unspecified atom stereocenters. The second-order valence-corrected chi connectivity index (χ2v) is 7.67. The number of carbonyl (C=O) groups is 1. The number of nitrogens with one attached hydrogen (secondary N) is 2. The molecule has 144 valence electrons. The Kier molecular flexibility index (Phi) is 5.70. The molecule has 0 saturated carbocycles. The zero-order valence-corrected chi connectivity index (χ0v) is 15.3. The van der Waals surface area contributed by atoms with Crippen LogP contribution in [-0.2, 0) is 21.2 Å². The van der Waals surface area contributed by atoms with Gasteiger partial charge in [-0.2, -0.15) is 0 Å². The molecule has 28 heavy (non-hydrogen) atoms. The van der Waals surface area contributed by atoms with Gasteiger partial charge in [-0.15, -0.1) is 0 Å². The van der Waals surface area contributed by atoms with E-state index >= 15 is 0 Å². The second kappa shape index (κ2) is 8.18. The summed E-state index contributed by atoms with van der Waals surface area (Å²) in [7, 11) is -3.84. The van der Waals surface area contributed by atoms with Crippen molar-refractivity contribution in [2.24, 2.45) is 0 Å². The van der Waals surface area contributed by atoms with Gasteiger partial charge in [0.05, 0.1) is 11.3 Å². The Hall–Kier alpha value is -3.26. The molecule has 0 atom stereocenters. The van der Waals surface area contributed by atoms with Crippen LogP contribution in [0.15, 0.2) is 77.7 Å². The van der Waals surface area contributed by atoms with Crippen LogP contribution < -0.4 is 10.0 Å². The molecule has 0 fully saturated rings. The van der Waals surface area contributed by atoms with Crippen molar-refractivity contribution in [3.05, 3.63) is 90.0 Å². The molecule has 3 aromatic rings. The molecule has 0 aromatic heterocycles. The second-order valence-electron chi connectivity index (χ2n) is 5.99. The first kappa shape index (κ1) is 19.5. The predicted octanol–water partition coefficient (Wildman–Crippen LogP) is 3.95.